The van der Waals surface area contributed by atoms with Crippen molar-refractivity contribution in [3.05, 3.63) is 34.9 Å². The molecule has 1 aromatic rings. The van der Waals surface area contributed by atoms with Gasteiger partial charge in [0.25, 0.3) is 0 Å². The molecule has 3 atom stereocenters. The third-order valence-electron chi connectivity index (χ3n) is 4.98. The molecule has 0 heterocycles. The van der Waals surface area contributed by atoms with E-state index in [4.69, 9.17) is 0 Å². The molecule has 1 aromatic carbocycles. The smallest absolute Gasteiger partial charge is 0.0177 e. The average molecular weight is 323 g/mol. The quantitative estimate of drug-likeness (QED) is 0.628. The summed E-state index contributed by atoms with van der Waals surface area (Å²) in [5.74, 6) is 2.56. The summed E-state index contributed by atoms with van der Waals surface area (Å²) >= 11 is 3.94. The molecule has 0 saturated heterocycles. The van der Waals surface area contributed by atoms with Crippen LogP contribution in [0, 0.1) is 31.6 Å². The first-order valence-corrected chi connectivity index (χ1v) is 8.59. The van der Waals surface area contributed by atoms with Crippen LogP contribution >= 0.6 is 15.9 Å². The SMILES string of the molecule is Cc1cccc(C)c1CC1CC(C(C)C)CCC1Br. The van der Waals surface area contributed by atoms with Crippen molar-refractivity contribution in [1.82, 2.24) is 0 Å². The maximum atomic E-state index is 3.94. The lowest BCUT2D eigenvalue weighted by Crippen LogP contribution is -2.29. The van der Waals surface area contributed by atoms with Crippen molar-refractivity contribution in [1.29, 1.82) is 0 Å². The standard InChI is InChI=1S/C18H27Br/c1-12(2)15-8-9-18(19)16(10-15)11-17-13(3)6-5-7-14(17)4/h5-7,12,15-16,18H,8-11H2,1-4H3. The fraction of sp³-hybridized carbons (Fsp3) is 0.667. The minimum absolute atomic E-state index is 0.710. The van der Waals surface area contributed by atoms with Crippen molar-refractivity contribution in [3.8, 4) is 0 Å². The summed E-state index contributed by atoms with van der Waals surface area (Å²) in [6.07, 6.45) is 5.38. The van der Waals surface area contributed by atoms with E-state index in [9.17, 15) is 0 Å². The molecule has 2 rings (SSSR count). The Morgan fingerprint density at radius 1 is 1.16 bits per heavy atom. The Balaban J connectivity index is 2.12. The van der Waals surface area contributed by atoms with Crippen molar-refractivity contribution in [2.45, 2.75) is 58.2 Å². The number of benzene rings is 1. The van der Waals surface area contributed by atoms with Crippen LogP contribution in [0.3, 0.4) is 0 Å². The fourth-order valence-electron chi connectivity index (χ4n) is 3.51. The lowest BCUT2D eigenvalue weighted by molar-refractivity contribution is 0.222. The van der Waals surface area contributed by atoms with E-state index in [0.717, 1.165) is 17.8 Å². The molecule has 0 bridgehead atoms. The Morgan fingerprint density at radius 2 is 1.79 bits per heavy atom. The van der Waals surface area contributed by atoms with Gasteiger partial charge in [0.1, 0.15) is 0 Å². The van der Waals surface area contributed by atoms with E-state index >= 15 is 0 Å². The third kappa shape index (κ3) is 3.62. The third-order valence-corrected chi connectivity index (χ3v) is 6.19. The molecular formula is C18H27Br. The minimum Gasteiger partial charge on any atom is -0.0888 e. The normalized spacial score (nSPS) is 27.8. The van der Waals surface area contributed by atoms with Gasteiger partial charge in [-0.15, -0.1) is 0 Å². The van der Waals surface area contributed by atoms with Gasteiger partial charge in [0, 0.05) is 4.83 Å². The Labute approximate surface area is 127 Å². The van der Waals surface area contributed by atoms with Gasteiger partial charge in [0.2, 0.25) is 0 Å². The lowest BCUT2D eigenvalue weighted by atomic mass is 9.73. The molecule has 1 heteroatoms. The summed E-state index contributed by atoms with van der Waals surface area (Å²) in [5, 5.41) is 0. The molecule has 19 heavy (non-hydrogen) atoms. The first-order valence-electron chi connectivity index (χ1n) is 7.68. The molecule has 0 spiro atoms. The monoisotopic (exact) mass is 322 g/mol. The molecule has 1 fully saturated rings. The highest BCUT2D eigenvalue weighted by atomic mass is 79.9. The maximum Gasteiger partial charge on any atom is 0.0177 e. The van der Waals surface area contributed by atoms with Crippen LogP contribution in [-0.4, -0.2) is 4.83 Å². The number of hydrogen-bond donors (Lipinski definition) is 0. The van der Waals surface area contributed by atoms with Gasteiger partial charge in [0.15, 0.2) is 0 Å². The highest BCUT2D eigenvalue weighted by Crippen LogP contribution is 2.39. The zero-order chi connectivity index (χ0) is 14.0. The van der Waals surface area contributed by atoms with E-state index in [1.165, 1.54) is 36.8 Å². The van der Waals surface area contributed by atoms with Gasteiger partial charge in [0.05, 0.1) is 0 Å². The first-order chi connectivity index (χ1) is 8.99. The Kier molecular flexibility index (Phi) is 5.11. The number of alkyl halides is 1. The van der Waals surface area contributed by atoms with E-state index in [1.54, 1.807) is 5.56 Å². The molecule has 1 aliphatic rings. The summed E-state index contributed by atoms with van der Waals surface area (Å²) in [6.45, 7) is 9.28. The van der Waals surface area contributed by atoms with Gasteiger partial charge < -0.3 is 0 Å². The van der Waals surface area contributed by atoms with Crippen molar-refractivity contribution in [2.24, 2.45) is 17.8 Å². The van der Waals surface area contributed by atoms with Gasteiger partial charge in [-0.1, -0.05) is 48.0 Å². The van der Waals surface area contributed by atoms with Crippen LogP contribution in [0.5, 0.6) is 0 Å². The first kappa shape index (κ1) is 15.1. The van der Waals surface area contributed by atoms with Crippen LogP contribution in [-0.2, 0) is 6.42 Å². The number of rotatable bonds is 3. The molecule has 3 unspecified atom stereocenters. The number of halogens is 1. The highest BCUT2D eigenvalue weighted by molar-refractivity contribution is 9.09. The summed E-state index contributed by atoms with van der Waals surface area (Å²) in [4.78, 5) is 0.710. The van der Waals surface area contributed by atoms with Gasteiger partial charge in [-0.3, -0.25) is 0 Å². The second kappa shape index (κ2) is 6.43. The highest BCUT2D eigenvalue weighted by Gasteiger charge is 2.30. The Bertz CT molecular complexity index is 401. The molecule has 0 amide bonds. The van der Waals surface area contributed by atoms with Gasteiger partial charge in [-0.25, -0.2) is 0 Å². The molecule has 1 aliphatic carbocycles. The predicted octanol–water partition coefficient (Wildman–Crippen LogP) is 5.68. The van der Waals surface area contributed by atoms with Crippen LogP contribution in [0.1, 0.15) is 49.8 Å². The molecule has 0 N–H and O–H groups in total. The van der Waals surface area contributed by atoms with E-state index in [2.05, 4.69) is 61.8 Å². The Morgan fingerprint density at radius 3 is 2.37 bits per heavy atom. The fourth-order valence-corrected chi connectivity index (χ4v) is 4.18. The topological polar surface area (TPSA) is 0 Å². The van der Waals surface area contributed by atoms with E-state index in [-0.39, 0.29) is 0 Å². The van der Waals surface area contributed by atoms with Crippen LogP contribution in [0.25, 0.3) is 0 Å². The minimum atomic E-state index is 0.710. The lowest BCUT2D eigenvalue weighted by Gasteiger charge is -2.36. The van der Waals surface area contributed by atoms with Crippen LogP contribution < -0.4 is 0 Å². The van der Waals surface area contributed by atoms with E-state index in [1.807, 2.05) is 0 Å². The molecule has 1 saturated carbocycles. The van der Waals surface area contributed by atoms with Crippen molar-refractivity contribution < 1.29 is 0 Å². The van der Waals surface area contributed by atoms with Gasteiger partial charge >= 0.3 is 0 Å². The van der Waals surface area contributed by atoms with Crippen LogP contribution in [0.15, 0.2) is 18.2 Å². The van der Waals surface area contributed by atoms with Crippen LogP contribution in [0.4, 0.5) is 0 Å². The molecular weight excluding hydrogens is 296 g/mol. The molecule has 0 nitrogen and oxygen atoms in total. The summed E-state index contributed by atoms with van der Waals surface area (Å²) in [5.41, 5.74) is 4.51. The number of hydrogen-bond acceptors (Lipinski definition) is 0. The van der Waals surface area contributed by atoms with E-state index < -0.39 is 0 Å². The van der Waals surface area contributed by atoms with Crippen molar-refractivity contribution >= 4 is 15.9 Å². The largest absolute Gasteiger partial charge is 0.0888 e. The Hall–Kier alpha value is -0.300. The predicted molar refractivity (Wildman–Crippen MR) is 88.0 cm³/mol. The molecule has 106 valence electrons. The summed E-state index contributed by atoms with van der Waals surface area (Å²) in [7, 11) is 0. The average Bonchev–Trinajstić information content (AvgIpc) is 2.35. The number of aryl methyl sites for hydroxylation is 2. The second-order valence-electron chi connectivity index (χ2n) is 6.67. The molecule has 0 aliphatic heterocycles. The van der Waals surface area contributed by atoms with Crippen molar-refractivity contribution in [2.75, 3.05) is 0 Å². The molecule has 0 aromatic heterocycles. The summed E-state index contributed by atoms with van der Waals surface area (Å²) < 4.78 is 0. The van der Waals surface area contributed by atoms with Gasteiger partial charge in [-0.05, 0) is 74.0 Å². The zero-order valence-electron chi connectivity index (χ0n) is 12.7. The molecule has 0 radical (unpaired) electrons. The van der Waals surface area contributed by atoms with Crippen molar-refractivity contribution in [3.63, 3.8) is 0 Å². The van der Waals surface area contributed by atoms with Crippen LogP contribution in [0.2, 0.25) is 0 Å². The maximum absolute atomic E-state index is 3.94. The van der Waals surface area contributed by atoms with Gasteiger partial charge in [-0.2, -0.15) is 0 Å². The summed E-state index contributed by atoms with van der Waals surface area (Å²) in [6, 6.07) is 6.69. The van der Waals surface area contributed by atoms with E-state index in [0.29, 0.717) is 4.83 Å². The zero-order valence-corrected chi connectivity index (χ0v) is 14.3. The second-order valence-corrected chi connectivity index (χ2v) is 7.84.